The highest BCUT2D eigenvalue weighted by Crippen LogP contribution is 2.37. The number of hydrogen-bond acceptors (Lipinski definition) is 4. The van der Waals surface area contributed by atoms with Crippen LogP contribution >= 0.6 is 15.9 Å². The van der Waals surface area contributed by atoms with E-state index in [1.54, 1.807) is 12.1 Å². The van der Waals surface area contributed by atoms with Crippen molar-refractivity contribution in [2.45, 2.75) is 12.6 Å². The van der Waals surface area contributed by atoms with Gasteiger partial charge in [0.25, 0.3) is 5.91 Å². The number of nitrogens with one attached hydrogen (secondary N) is 1. The molecule has 0 bridgehead atoms. The molecule has 1 N–H and O–H groups in total. The summed E-state index contributed by atoms with van der Waals surface area (Å²) in [4.78, 5) is 13.5. The molecule has 1 amide bonds. The predicted molar refractivity (Wildman–Crippen MR) is 96.2 cm³/mol. The van der Waals surface area contributed by atoms with E-state index in [-0.39, 0.29) is 30.9 Å². The van der Waals surface area contributed by atoms with Crippen LogP contribution in [0.4, 0.5) is 20.2 Å². The van der Waals surface area contributed by atoms with E-state index in [0.29, 0.717) is 40.4 Å². The average Bonchev–Trinajstić information content (AvgIpc) is 2.62. The summed E-state index contributed by atoms with van der Waals surface area (Å²) in [6.07, 6.45) is 0. The van der Waals surface area contributed by atoms with Crippen molar-refractivity contribution in [3.63, 3.8) is 0 Å². The fraction of sp³-hybridized carbons (Fsp3) is 0.278. The Hall–Kier alpha value is -2.35. The summed E-state index contributed by atoms with van der Waals surface area (Å²) in [6, 6.07) is 7.10. The van der Waals surface area contributed by atoms with Gasteiger partial charge in [0, 0.05) is 29.6 Å². The highest BCUT2D eigenvalue weighted by molar-refractivity contribution is 9.09. The monoisotopic (exact) mass is 424 g/mol. The van der Waals surface area contributed by atoms with E-state index in [1.807, 2.05) is 4.90 Å². The van der Waals surface area contributed by atoms with Crippen LogP contribution < -0.4 is 19.7 Å². The minimum atomic E-state index is -0.427. The molecule has 0 fully saturated rings. The number of rotatable bonds is 3. The van der Waals surface area contributed by atoms with Crippen molar-refractivity contribution in [1.29, 1.82) is 0 Å². The molecule has 2 aliphatic rings. The van der Waals surface area contributed by atoms with E-state index < -0.39 is 5.82 Å². The van der Waals surface area contributed by atoms with Crippen LogP contribution in [0.15, 0.2) is 30.3 Å². The van der Waals surface area contributed by atoms with Crippen molar-refractivity contribution >= 4 is 33.2 Å². The highest BCUT2D eigenvalue weighted by atomic mass is 79.9. The van der Waals surface area contributed by atoms with Gasteiger partial charge < -0.3 is 19.7 Å². The molecule has 2 aliphatic heterocycles. The van der Waals surface area contributed by atoms with Crippen LogP contribution in [0.2, 0.25) is 0 Å². The normalized spacial score (nSPS) is 18.3. The zero-order valence-electron chi connectivity index (χ0n) is 13.6. The summed E-state index contributed by atoms with van der Waals surface area (Å²) < 4.78 is 38.9. The van der Waals surface area contributed by atoms with Gasteiger partial charge >= 0.3 is 0 Å². The van der Waals surface area contributed by atoms with Gasteiger partial charge in [-0.2, -0.15) is 0 Å². The average molecular weight is 425 g/mol. The van der Waals surface area contributed by atoms with Crippen molar-refractivity contribution in [2.24, 2.45) is 0 Å². The smallest absolute Gasteiger partial charge is 0.262 e. The molecule has 2 heterocycles. The van der Waals surface area contributed by atoms with Crippen LogP contribution in [0.25, 0.3) is 0 Å². The number of carbonyl (C=O) groups excluding carboxylic acids is 1. The van der Waals surface area contributed by atoms with Crippen molar-refractivity contribution < 1.29 is 23.0 Å². The Kier molecular flexibility index (Phi) is 4.44. The van der Waals surface area contributed by atoms with Crippen LogP contribution in [0.5, 0.6) is 11.5 Å². The second-order valence-corrected chi connectivity index (χ2v) is 6.78. The zero-order chi connectivity index (χ0) is 18.3. The van der Waals surface area contributed by atoms with Crippen LogP contribution in [-0.2, 0) is 11.3 Å². The van der Waals surface area contributed by atoms with Gasteiger partial charge in [0.15, 0.2) is 6.61 Å². The lowest BCUT2D eigenvalue weighted by molar-refractivity contribution is -0.118. The maximum absolute atomic E-state index is 14.6. The number of hydrogen-bond donors (Lipinski definition) is 1. The van der Waals surface area contributed by atoms with E-state index in [4.69, 9.17) is 9.47 Å². The maximum atomic E-state index is 14.6. The molecule has 0 saturated carbocycles. The number of amides is 1. The van der Waals surface area contributed by atoms with Gasteiger partial charge in [-0.3, -0.25) is 4.79 Å². The SMILES string of the molecule is O=C1COc2cc(F)c(CN3c4ccc(F)cc4OC[C@@H]3CBr)cc2N1. The Morgan fingerprint density at radius 3 is 2.85 bits per heavy atom. The predicted octanol–water partition coefficient (Wildman–Crippen LogP) is 3.46. The van der Waals surface area contributed by atoms with Crippen LogP contribution in [0, 0.1) is 11.6 Å². The first-order valence-electron chi connectivity index (χ1n) is 8.05. The first kappa shape index (κ1) is 17.1. The largest absolute Gasteiger partial charge is 0.489 e. The van der Waals surface area contributed by atoms with Gasteiger partial charge in [-0.05, 0) is 18.2 Å². The van der Waals surface area contributed by atoms with E-state index in [0.717, 1.165) is 0 Å². The second-order valence-electron chi connectivity index (χ2n) is 6.14. The molecule has 2 aromatic rings. The number of halogens is 3. The quantitative estimate of drug-likeness (QED) is 0.766. The fourth-order valence-electron chi connectivity index (χ4n) is 3.11. The van der Waals surface area contributed by atoms with Crippen molar-refractivity contribution in [3.05, 3.63) is 47.5 Å². The molecular formula is C18H15BrF2N2O3. The molecular weight excluding hydrogens is 410 g/mol. The van der Waals surface area contributed by atoms with Gasteiger partial charge in [0.1, 0.15) is 29.7 Å². The molecule has 26 heavy (non-hydrogen) atoms. The van der Waals surface area contributed by atoms with E-state index >= 15 is 0 Å². The number of anilines is 2. The van der Waals surface area contributed by atoms with Gasteiger partial charge in [-0.1, -0.05) is 15.9 Å². The number of ether oxygens (including phenoxy) is 2. The topological polar surface area (TPSA) is 50.8 Å². The third-order valence-corrected chi connectivity index (χ3v) is 5.15. The Morgan fingerprint density at radius 1 is 1.19 bits per heavy atom. The number of fused-ring (bicyclic) bond motifs is 2. The third kappa shape index (κ3) is 3.09. The molecule has 0 radical (unpaired) electrons. The Balaban J connectivity index is 1.70. The fourth-order valence-corrected chi connectivity index (χ4v) is 3.64. The molecule has 2 aromatic carbocycles. The minimum Gasteiger partial charge on any atom is -0.489 e. The Labute approximate surface area is 157 Å². The van der Waals surface area contributed by atoms with E-state index in [2.05, 4.69) is 21.2 Å². The number of nitrogens with zero attached hydrogens (tertiary/aromatic N) is 1. The molecule has 5 nitrogen and oxygen atoms in total. The van der Waals surface area contributed by atoms with Gasteiger partial charge in [-0.15, -0.1) is 0 Å². The first-order valence-corrected chi connectivity index (χ1v) is 9.17. The molecule has 8 heteroatoms. The zero-order valence-corrected chi connectivity index (χ0v) is 15.2. The molecule has 0 saturated heterocycles. The van der Waals surface area contributed by atoms with Crippen LogP contribution in [-0.4, -0.2) is 30.5 Å². The lowest BCUT2D eigenvalue weighted by atomic mass is 10.1. The number of carbonyl (C=O) groups is 1. The van der Waals surface area contributed by atoms with Crippen LogP contribution in [0.3, 0.4) is 0 Å². The summed E-state index contributed by atoms with van der Waals surface area (Å²) in [7, 11) is 0. The number of alkyl halides is 1. The van der Waals surface area contributed by atoms with Gasteiger partial charge in [0.05, 0.1) is 17.4 Å². The van der Waals surface area contributed by atoms with Crippen molar-refractivity contribution in [1.82, 2.24) is 0 Å². The van der Waals surface area contributed by atoms with Crippen molar-refractivity contribution in [2.75, 3.05) is 28.8 Å². The molecule has 0 unspecified atom stereocenters. The van der Waals surface area contributed by atoms with E-state index in [9.17, 15) is 13.6 Å². The molecule has 0 aromatic heterocycles. The summed E-state index contributed by atoms with van der Waals surface area (Å²) in [5.74, 6) is -0.352. The summed E-state index contributed by atoms with van der Waals surface area (Å²) in [5, 5.41) is 3.29. The molecule has 1 atom stereocenters. The standard InChI is InChI=1S/C18H15BrF2N2O3/c19-6-12-8-25-17-4-11(20)1-2-15(17)23(12)7-10-3-14-16(5-13(10)21)26-9-18(24)22-14/h1-5,12H,6-9H2,(H,22,24)/t12-/m0/s1. The van der Waals surface area contributed by atoms with E-state index in [1.165, 1.54) is 18.2 Å². The highest BCUT2D eigenvalue weighted by Gasteiger charge is 2.29. The summed E-state index contributed by atoms with van der Waals surface area (Å²) in [5.41, 5.74) is 1.54. The maximum Gasteiger partial charge on any atom is 0.262 e. The molecule has 0 aliphatic carbocycles. The molecule has 4 rings (SSSR count). The molecule has 0 spiro atoms. The number of benzene rings is 2. The first-order chi connectivity index (χ1) is 12.5. The van der Waals surface area contributed by atoms with Crippen LogP contribution in [0.1, 0.15) is 5.56 Å². The lowest BCUT2D eigenvalue weighted by Crippen LogP contribution is -2.44. The summed E-state index contributed by atoms with van der Waals surface area (Å²) >= 11 is 3.45. The Bertz CT molecular complexity index is 878. The summed E-state index contributed by atoms with van der Waals surface area (Å²) in [6.45, 7) is 0.473. The lowest BCUT2D eigenvalue weighted by Gasteiger charge is -2.38. The minimum absolute atomic E-state index is 0.0470. The molecule has 136 valence electrons. The van der Waals surface area contributed by atoms with Gasteiger partial charge in [-0.25, -0.2) is 8.78 Å². The van der Waals surface area contributed by atoms with Crippen molar-refractivity contribution in [3.8, 4) is 11.5 Å². The third-order valence-electron chi connectivity index (χ3n) is 4.40. The second kappa shape index (κ2) is 6.75. The van der Waals surface area contributed by atoms with Gasteiger partial charge in [0.2, 0.25) is 0 Å². The Morgan fingerprint density at radius 2 is 2.04 bits per heavy atom.